The van der Waals surface area contributed by atoms with Crippen LogP contribution in [0.4, 0.5) is 0 Å². The second-order valence-electron chi connectivity index (χ2n) is 4.01. The first-order valence-electron chi connectivity index (χ1n) is 5.09. The van der Waals surface area contributed by atoms with E-state index in [1.165, 1.54) is 0 Å². The number of rotatable bonds is 3. The second kappa shape index (κ2) is 5.52. The van der Waals surface area contributed by atoms with Gasteiger partial charge in [0.2, 0.25) is 0 Å². The van der Waals surface area contributed by atoms with Gasteiger partial charge in [0.1, 0.15) is 5.75 Å². The highest BCUT2D eigenvalue weighted by Gasteiger charge is 2.15. The van der Waals surface area contributed by atoms with Gasteiger partial charge in [-0.05, 0) is 54.6 Å². The van der Waals surface area contributed by atoms with Gasteiger partial charge >= 0.3 is 0 Å². The van der Waals surface area contributed by atoms with Crippen LogP contribution in [0, 0.1) is 3.57 Å². The largest absolute Gasteiger partial charge is 0.490 e. The molecule has 0 atom stereocenters. The van der Waals surface area contributed by atoms with Gasteiger partial charge < -0.3 is 9.64 Å². The molecule has 0 aromatic heterocycles. The molecule has 0 saturated carbocycles. The average Bonchev–Trinajstić information content (AvgIpc) is 2.15. The van der Waals surface area contributed by atoms with E-state index in [2.05, 4.69) is 22.6 Å². The summed E-state index contributed by atoms with van der Waals surface area (Å²) in [7, 11) is 3.47. The van der Waals surface area contributed by atoms with Crippen LogP contribution in [-0.4, -0.2) is 31.0 Å². The van der Waals surface area contributed by atoms with Crippen LogP contribution in [0.25, 0.3) is 0 Å². The Morgan fingerprint density at radius 3 is 2.50 bits per heavy atom. The molecule has 0 unspecified atom stereocenters. The highest BCUT2D eigenvalue weighted by molar-refractivity contribution is 14.1. The maximum Gasteiger partial charge on any atom is 0.257 e. The van der Waals surface area contributed by atoms with Crippen LogP contribution >= 0.6 is 22.6 Å². The van der Waals surface area contributed by atoms with Crippen LogP contribution < -0.4 is 4.74 Å². The summed E-state index contributed by atoms with van der Waals surface area (Å²) in [5.41, 5.74) is 0.610. The van der Waals surface area contributed by atoms with Crippen molar-refractivity contribution in [2.75, 3.05) is 14.1 Å². The van der Waals surface area contributed by atoms with E-state index in [4.69, 9.17) is 4.74 Å². The number of amides is 1. The summed E-state index contributed by atoms with van der Waals surface area (Å²) in [5, 5.41) is 0. The monoisotopic (exact) mass is 333 g/mol. The summed E-state index contributed by atoms with van der Waals surface area (Å²) in [6.45, 7) is 3.90. The minimum absolute atomic E-state index is 0.0351. The number of ether oxygens (including phenoxy) is 1. The number of hydrogen-bond donors (Lipinski definition) is 0. The van der Waals surface area contributed by atoms with E-state index in [0.29, 0.717) is 11.3 Å². The Labute approximate surface area is 110 Å². The van der Waals surface area contributed by atoms with E-state index in [1.54, 1.807) is 19.0 Å². The molecule has 3 nitrogen and oxygen atoms in total. The van der Waals surface area contributed by atoms with Crippen LogP contribution in [-0.2, 0) is 0 Å². The van der Waals surface area contributed by atoms with Gasteiger partial charge in [-0.1, -0.05) is 0 Å². The molecule has 1 amide bonds. The summed E-state index contributed by atoms with van der Waals surface area (Å²) in [4.78, 5) is 13.5. The van der Waals surface area contributed by atoms with Crippen molar-refractivity contribution in [3.05, 3.63) is 27.3 Å². The lowest BCUT2D eigenvalue weighted by molar-refractivity contribution is 0.0821. The fourth-order valence-corrected chi connectivity index (χ4v) is 1.73. The Bertz CT molecular complexity index is 389. The number of nitrogens with zero attached hydrogens (tertiary/aromatic N) is 1. The van der Waals surface area contributed by atoms with Crippen LogP contribution in [0.2, 0.25) is 0 Å². The molecule has 0 spiro atoms. The molecule has 16 heavy (non-hydrogen) atoms. The highest BCUT2D eigenvalue weighted by atomic mass is 127. The fraction of sp³-hybridized carbons (Fsp3) is 0.417. The maximum absolute atomic E-state index is 11.9. The zero-order chi connectivity index (χ0) is 12.3. The van der Waals surface area contributed by atoms with Crippen molar-refractivity contribution in [2.24, 2.45) is 0 Å². The van der Waals surface area contributed by atoms with Gasteiger partial charge in [0.25, 0.3) is 5.91 Å². The Hall–Kier alpha value is -0.780. The van der Waals surface area contributed by atoms with Crippen LogP contribution in [0.1, 0.15) is 24.2 Å². The number of hydrogen-bond acceptors (Lipinski definition) is 2. The lowest BCUT2D eigenvalue weighted by Gasteiger charge is -2.16. The Morgan fingerprint density at radius 2 is 2.00 bits per heavy atom. The summed E-state index contributed by atoms with van der Waals surface area (Å²) in [5.74, 6) is 0.618. The van der Waals surface area contributed by atoms with Crippen molar-refractivity contribution in [2.45, 2.75) is 20.0 Å². The number of carbonyl (C=O) groups excluding carboxylic acids is 1. The van der Waals surface area contributed by atoms with E-state index < -0.39 is 0 Å². The van der Waals surface area contributed by atoms with Crippen molar-refractivity contribution in [1.29, 1.82) is 0 Å². The molecule has 0 fully saturated rings. The summed E-state index contributed by atoms with van der Waals surface area (Å²) < 4.78 is 6.70. The second-order valence-corrected chi connectivity index (χ2v) is 5.25. The zero-order valence-corrected chi connectivity index (χ0v) is 12.1. The molecule has 0 bridgehead atoms. The van der Waals surface area contributed by atoms with Crippen molar-refractivity contribution in [3.8, 4) is 5.75 Å². The highest BCUT2D eigenvalue weighted by Crippen LogP contribution is 2.23. The molecule has 0 N–H and O–H groups in total. The molecule has 88 valence electrons. The van der Waals surface area contributed by atoms with E-state index in [-0.39, 0.29) is 12.0 Å². The zero-order valence-electron chi connectivity index (χ0n) is 9.95. The minimum atomic E-state index is -0.0351. The molecule has 0 radical (unpaired) electrons. The number of halogens is 1. The third-order valence-electron chi connectivity index (χ3n) is 1.94. The van der Waals surface area contributed by atoms with E-state index in [1.807, 2.05) is 32.0 Å². The van der Waals surface area contributed by atoms with Crippen LogP contribution in [0.5, 0.6) is 5.75 Å². The van der Waals surface area contributed by atoms with Crippen molar-refractivity contribution < 1.29 is 9.53 Å². The van der Waals surface area contributed by atoms with Crippen molar-refractivity contribution in [1.82, 2.24) is 4.90 Å². The van der Waals surface area contributed by atoms with Gasteiger partial charge in [-0.25, -0.2) is 0 Å². The number of carbonyl (C=O) groups is 1. The van der Waals surface area contributed by atoms with Crippen LogP contribution in [0.3, 0.4) is 0 Å². The Kier molecular flexibility index (Phi) is 4.58. The summed E-state index contributed by atoms with van der Waals surface area (Å²) >= 11 is 2.20. The molecule has 1 rings (SSSR count). The van der Waals surface area contributed by atoms with Gasteiger partial charge in [-0.15, -0.1) is 0 Å². The lowest BCUT2D eigenvalue weighted by Crippen LogP contribution is -2.23. The van der Waals surface area contributed by atoms with Gasteiger partial charge in [0.05, 0.1) is 11.7 Å². The molecule has 0 saturated heterocycles. The van der Waals surface area contributed by atoms with E-state index >= 15 is 0 Å². The van der Waals surface area contributed by atoms with E-state index in [9.17, 15) is 4.79 Å². The molecule has 4 heteroatoms. The SMILES string of the molecule is CC(C)Oc1cc(I)ccc1C(=O)N(C)C. The molecule has 0 aliphatic rings. The van der Waals surface area contributed by atoms with Gasteiger partial charge in [-0.2, -0.15) is 0 Å². The molecule has 0 heterocycles. The molecule has 1 aromatic rings. The quantitative estimate of drug-likeness (QED) is 0.796. The summed E-state index contributed by atoms with van der Waals surface area (Å²) in [6.07, 6.45) is 0.0620. The topological polar surface area (TPSA) is 29.5 Å². The first kappa shape index (κ1) is 13.3. The standard InChI is InChI=1S/C12H16INO2/c1-8(2)16-11-7-9(13)5-6-10(11)12(15)14(3)4/h5-8H,1-4H3. The minimum Gasteiger partial charge on any atom is -0.490 e. The molecule has 0 aliphatic carbocycles. The molecule has 1 aromatic carbocycles. The number of benzene rings is 1. The van der Waals surface area contributed by atoms with Gasteiger partial charge in [0.15, 0.2) is 0 Å². The predicted molar refractivity (Wildman–Crippen MR) is 72.9 cm³/mol. The third kappa shape index (κ3) is 3.37. The lowest BCUT2D eigenvalue weighted by atomic mass is 10.2. The normalized spacial score (nSPS) is 10.4. The predicted octanol–water partition coefficient (Wildman–Crippen LogP) is 2.78. The average molecular weight is 333 g/mol. The van der Waals surface area contributed by atoms with Gasteiger partial charge in [0, 0.05) is 17.7 Å². The van der Waals surface area contributed by atoms with E-state index in [0.717, 1.165) is 3.57 Å². The smallest absolute Gasteiger partial charge is 0.257 e. The summed E-state index contributed by atoms with van der Waals surface area (Å²) in [6, 6.07) is 5.60. The van der Waals surface area contributed by atoms with Crippen molar-refractivity contribution >= 4 is 28.5 Å². The first-order valence-corrected chi connectivity index (χ1v) is 6.17. The molecule has 0 aliphatic heterocycles. The first-order chi connectivity index (χ1) is 7.41. The third-order valence-corrected chi connectivity index (χ3v) is 2.61. The Morgan fingerprint density at radius 1 is 1.38 bits per heavy atom. The molecular formula is C12H16INO2. The Balaban J connectivity index is 3.12. The maximum atomic E-state index is 11.9. The fourth-order valence-electron chi connectivity index (χ4n) is 1.27. The van der Waals surface area contributed by atoms with Crippen molar-refractivity contribution in [3.63, 3.8) is 0 Å². The molecular weight excluding hydrogens is 317 g/mol. The van der Waals surface area contributed by atoms with Gasteiger partial charge in [-0.3, -0.25) is 4.79 Å². The van der Waals surface area contributed by atoms with Crippen LogP contribution in [0.15, 0.2) is 18.2 Å².